The average molecular weight is 277 g/mol. The third kappa shape index (κ3) is 3.06. The van der Waals surface area contributed by atoms with Gasteiger partial charge in [-0.25, -0.2) is 4.98 Å². The summed E-state index contributed by atoms with van der Waals surface area (Å²) < 4.78 is 5.84. The molecule has 1 atom stereocenters. The van der Waals surface area contributed by atoms with Gasteiger partial charge in [-0.2, -0.15) is 0 Å². The van der Waals surface area contributed by atoms with Gasteiger partial charge in [-0.05, 0) is 50.1 Å². The topological polar surface area (TPSA) is 48.1 Å². The Bertz CT molecular complexity index is 573. The van der Waals surface area contributed by atoms with Crippen LogP contribution in [0.4, 0.5) is 0 Å². The number of ether oxygens (including phenoxy) is 1. The van der Waals surface area contributed by atoms with Gasteiger partial charge in [0.1, 0.15) is 5.75 Å². The van der Waals surface area contributed by atoms with Crippen molar-refractivity contribution in [3.8, 4) is 11.6 Å². The van der Waals surface area contributed by atoms with Crippen molar-refractivity contribution < 1.29 is 4.74 Å². The van der Waals surface area contributed by atoms with Crippen molar-refractivity contribution in [1.82, 2.24) is 4.98 Å². The maximum atomic E-state index is 6.14. The lowest BCUT2D eigenvalue weighted by Gasteiger charge is -2.13. The summed E-state index contributed by atoms with van der Waals surface area (Å²) in [6.07, 6.45) is 1.69. The maximum absolute atomic E-state index is 6.14. The van der Waals surface area contributed by atoms with Crippen molar-refractivity contribution in [3.05, 3.63) is 52.2 Å². The predicted molar refractivity (Wildman–Crippen MR) is 77.8 cm³/mol. The summed E-state index contributed by atoms with van der Waals surface area (Å²) in [6.45, 7) is 5.81. The third-order valence-corrected chi connectivity index (χ3v) is 3.51. The molecule has 0 radical (unpaired) electrons. The molecule has 0 aliphatic rings. The van der Waals surface area contributed by atoms with Gasteiger partial charge >= 0.3 is 0 Å². The molecular weight excluding hydrogens is 260 g/mol. The molecule has 1 heterocycles. The van der Waals surface area contributed by atoms with Crippen molar-refractivity contribution in [3.63, 3.8) is 0 Å². The van der Waals surface area contributed by atoms with Crippen LogP contribution in [0, 0.1) is 13.8 Å². The quantitative estimate of drug-likeness (QED) is 0.915. The molecule has 0 saturated heterocycles. The van der Waals surface area contributed by atoms with E-state index in [-0.39, 0.29) is 6.04 Å². The van der Waals surface area contributed by atoms with Crippen LogP contribution in [0.25, 0.3) is 0 Å². The molecule has 3 nitrogen and oxygen atoms in total. The smallest absolute Gasteiger partial charge is 0.223 e. The summed E-state index contributed by atoms with van der Waals surface area (Å²) in [5.41, 5.74) is 8.76. The second kappa shape index (κ2) is 5.59. The van der Waals surface area contributed by atoms with Crippen LogP contribution in [-0.2, 0) is 0 Å². The number of aromatic nitrogens is 1. The SMILES string of the molecule is Cc1cc(Oc2ncccc2[C@@H](C)N)cc(C)c1Cl. The van der Waals surface area contributed by atoms with Crippen molar-refractivity contribution in [2.75, 3.05) is 0 Å². The van der Waals surface area contributed by atoms with E-state index in [0.29, 0.717) is 5.88 Å². The first-order valence-corrected chi connectivity index (χ1v) is 6.52. The minimum atomic E-state index is -0.127. The van der Waals surface area contributed by atoms with Crippen LogP contribution in [0.1, 0.15) is 29.7 Å². The number of hydrogen-bond donors (Lipinski definition) is 1. The maximum Gasteiger partial charge on any atom is 0.223 e. The van der Waals surface area contributed by atoms with Gasteiger partial charge in [0.05, 0.1) is 0 Å². The fourth-order valence-electron chi connectivity index (χ4n) is 1.91. The molecule has 2 aromatic rings. The number of benzene rings is 1. The van der Waals surface area contributed by atoms with E-state index in [4.69, 9.17) is 22.1 Å². The first-order chi connectivity index (χ1) is 8.99. The van der Waals surface area contributed by atoms with Gasteiger partial charge in [0.25, 0.3) is 0 Å². The van der Waals surface area contributed by atoms with Crippen molar-refractivity contribution in [2.24, 2.45) is 5.73 Å². The van der Waals surface area contributed by atoms with Gasteiger partial charge < -0.3 is 10.5 Å². The van der Waals surface area contributed by atoms with Gasteiger partial charge in [-0.1, -0.05) is 17.7 Å². The largest absolute Gasteiger partial charge is 0.439 e. The number of nitrogens with two attached hydrogens (primary N) is 1. The Morgan fingerprint density at radius 1 is 1.26 bits per heavy atom. The van der Waals surface area contributed by atoms with E-state index in [0.717, 1.165) is 27.5 Å². The summed E-state index contributed by atoms with van der Waals surface area (Å²) in [5, 5.41) is 0.765. The number of pyridine rings is 1. The number of aryl methyl sites for hydroxylation is 2. The van der Waals surface area contributed by atoms with E-state index in [1.807, 2.05) is 45.0 Å². The van der Waals surface area contributed by atoms with Crippen LogP contribution in [0.15, 0.2) is 30.5 Å². The fraction of sp³-hybridized carbons (Fsp3) is 0.267. The Hall–Kier alpha value is -1.58. The van der Waals surface area contributed by atoms with Crippen LogP contribution in [0.2, 0.25) is 5.02 Å². The van der Waals surface area contributed by atoms with Crippen LogP contribution >= 0.6 is 11.6 Å². The second-order valence-electron chi connectivity index (χ2n) is 4.66. The molecule has 0 fully saturated rings. The molecule has 0 aliphatic heterocycles. The first kappa shape index (κ1) is 13.8. The van der Waals surface area contributed by atoms with E-state index in [1.165, 1.54) is 0 Å². The highest BCUT2D eigenvalue weighted by Crippen LogP contribution is 2.30. The van der Waals surface area contributed by atoms with Gasteiger partial charge in [0, 0.05) is 22.8 Å². The molecule has 0 saturated carbocycles. The van der Waals surface area contributed by atoms with E-state index in [1.54, 1.807) is 6.20 Å². The van der Waals surface area contributed by atoms with Gasteiger partial charge in [-0.3, -0.25) is 0 Å². The molecule has 2 N–H and O–H groups in total. The highest BCUT2D eigenvalue weighted by molar-refractivity contribution is 6.32. The van der Waals surface area contributed by atoms with Gasteiger partial charge in [0.2, 0.25) is 5.88 Å². The lowest BCUT2D eigenvalue weighted by Crippen LogP contribution is -2.07. The Morgan fingerprint density at radius 3 is 2.47 bits per heavy atom. The molecule has 0 unspecified atom stereocenters. The predicted octanol–water partition coefficient (Wildman–Crippen LogP) is 4.16. The number of nitrogens with zero attached hydrogens (tertiary/aromatic N) is 1. The van der Waals surface area contributed by atoms with E-state index < -0.39 is 0 Å². The van der Waals surface area contributed by atoms with Crippen LogP contribution in [0.3, 0.4) is 0 Å². The number of halogens is 1. The van der Waals surface area contributed by atoms with Crippen molar-refractivity contribution in [1.29, 1.82) is 0 Å². The zero-order valence-corrected chi connectivity index (χ0v) is 12.0. The van der Waals surface area contributed by atoms with Crippen molar-refractivity contribution >= 4 is 11.6 Å². The normalized spacial score (nSPS) is 12.3. The third-order valence-electron chi connectivity index (χ3n) is 2.92. The lowest BCUT2D eigenvalue weighted by atomic mass is 10.1. The molecule has 19 heavy (non-hydrogen) atoms. The Labute approximate surface area is 118 Å². The minimum Gasteiger partial charge on any atom is -0.439 e. The Balaban J connectivity index is 2.37. The molecule has 1 aromatic carbocycles. The highest BCUT2D eigenvalue weighted by Gasteiger charge is 2.11. The van der Waals surface area contributed by atoms with Gasteiger partial charge in [0.15, 0.2) is 0 Å². The van der Waals surface area contributed by atoms with E-state index in [9.17, 15) is 0 Å². The standard InChI is InChI=1S/C15H17ClN2O/c1-9-7-12(8-10(2)14(9)16)19-15-13(11(3)17)5-4-6-18-15/h4-8,11H,17H2,1-3H3/t11-/m1/s1. The van der Waals surface area contributed by atoms with E-state index >= 15 is 0 Å². The monoisotopic (exact) mass is 276 g/mol. The molecule has 2 rings (SSSR count). The zero-order valence-electron chi connectivity index (χ0n) is 11.3. The van der Waals surface area contributed by atoms with Gasteiger partial charge in [-0.15, -0.1) is 0 Å². The van der Waals surface area contributed by atoms with Crippen LogP contribution in [-0.4, -0.2) is 4.98 Å². The zero-order chi connectivity index (χ0) is 14.0. The lowest BCUT2D eigenvalue weighted by molar-refractivity contribution is 0.451. The molecule has 0 amide bonds. The summed E-state index contributed by atoms with van der Waals surface area (Å²) in [4.78, 5) is 4.24. The summed E-state index contributed by atoms with van der Waals surface area (Å²) >= 11 is 6.14. The first-order valence-electron chi connectivity index (χ1n) is 6.14. The molecule has 0 bridgehead atoms. The average Bonchev–Trinajstić information content (AvgIpc) is 2.36. The van der Waals surface area contributed by atoms with Crippen molar-refractivity contribution in [2.45, 2.75) is 26.8 Å². The summed E-state index contributed by atoms with van der Waals surface area (Å²) in [6, 6.07) is 7.44. The summed E-state index contributed by atoms with van der Waals surface area (Å²) in [7, 11) is 0. The number of rotatable bonds is 3. The fourth-order valence-corrected chi connectivity index (χ4v) is 2.02. The molecule has 4 heteroatoms. The molecule has 1 aromatic heterocycles. The number of hydrogen-bond acceptors (Lipinski definition) is 3. The highest BCUT2D eigenvalue weighted by atomic mass is 35.5. The summed E-state index contributed by atoms with van der Waals surface area (Å²) in [5.74, 6) is 1.26. The molecular formula is C15H17ClN2O. The Morgan fingerprint density at radius 2 is 1.89 bits per heavy atom. The second-order valence-corrected chi connectivity index (χ2v) is 5.04. The van der Waals surface area contributed by atoms with Crippen LogP contribution in [0.5, 0.6) is 11.6 Å². The molecule has 0 spiro atoms. The van der Waals surface area contributed by atoms with Crippen LogP contribution < -0.4 is 10.5 Å². The minimum absolute atomic E-state index is 0.127. The molecule has 100 valence electrons. The molecule has 0 aliphatic carbocycles. The van der Waals surface area contributed by atoms with E-state index in [2.05, 4.69) is 4.98 Å². The Kier molecular flexibility index (Phi) is 4.08.